The monoisotopic (exact) mass is 1510 g/mol. The molecule has 8 aromatic carbocycles. The van der Waals surface area contributed by atoms with Crippen molar-refractivity contribution in [3.63, 3.8) is 0 Å². The van der Waals surface area contributed by atoms with Gasteiger partial charge < -0.3 is 61.7 Å². The van der Waals surface area contributed by atoms with E-state index in [4.69, 9.17) is 9.15 Å². The number of carbonyl (C=O) groups is 5. The number of nitro groups is 2. The van der Waals surface area contributed by atoms with Gasteiger partial charge >= 0.3 is 23.3 Å². The maximum Gasteiger partial charge on any atom is 0.336 e. The van der Waals surface area contributed by atoms with E-state index >= 15 is 0 Å². The van der Waals surface area contributed by atoms with Crippen molar-refractivity contribution in [3.8, 4) is 39.7 Å². The Kier molecular flexibility index (Phi) is 22.8. The molecule has 0 saturated carbocycles. The van der Waals surface area contributed by atoms with E-state index in [1.165, 1.54) is 49.4 Å². The minimum atomic E-state index is -1.45. The van der Waals surface area contributed by atoms with Gasteiger partial charge in [0, 0.05) is 112 Å². The number of carbonyl (C=O) groups excluding carboxylic acids is 3. The van der Waals surface area contributed by atoms with Crippen molar-refractivity contribution in [1.82, 2.24) is 35.9 Å². The van der Waals surface area contributed by atoms with Crippen LogP contribution in [0.5, 0.6) is 17.2 Å². The first-order valence-electron chi connectivity index (χ1n) is 34.1. The van der Waals surface area contributed by atoms with Crippen molar-refractivity contribution >= 4 is 110 Å². The van der Waals surface area contributed by atoms with E-state index in [1.807, 2.05) is 48.5 Å². The molecular formula is C79H63F4N13O15. The molecule has 3 aliphatic rings. The summed E-state index contributed by atoms with van der Waals surface area (Å²) in [5.41, 5.74) is -0.00692. The molecule has 32 heteroatoms. The molecule has 3 amide bonds. The Hall–Kier alpha value is -14.7. The van der Waals surface area contributed by atoms with Crippen LogP contribution in [0.3, 0.4) is 0 Å². The molecule has 0 spiro atoms. The van der Waals surface area contributed by atoms with Gasteiger partial charge in [-0.3, -0.25) is 39.4 Å². The van der Waals surface area contributed by atoms with Crippen LogP contribution in [0.15, 0.2) is 179 Å². The third-order valence-electron chi connectivity index (χ3n) is 17.6. The third-order valence-corrected chi connectivity index (χ3v) is 17.6. The van der Waals surface area contributed by atoms with Crippen molar-refractivity contribution in [2.45, 2.75) is 39.0 Å². The van der Waals surface area contributed by atoms with Crippen molar-refractivity contribution in [3.05, 3.63) is 273 Å². The molecule has 4 heterocycles. The number of benzene rings is 9. The first kappa shape index (κ1) is 75.9. The highest BCUT2D eigenvalue weighted by molar-refractivity contribution is 6.09. The first-order valence-corrected chi connectivity index (χ1v) is 34.1. The Morgan fingerprint density at radius 3 is 1.82 bits per heavy atom. The molecule has 0 bridgehead atoms. The largest absolute Gasteiger partial charge is 0.505 e. The number of aromatic nitrogens is 4. The fourth-order valence-electron chi connectivity index (χ4n) is 12.1. The molecule has 2 aliphatic heterocycles. The highest BCUT2D eigenvalue weighted by Gasteiger charge is 2.30. The predicted molar refractivity (Wildman–Crippen MR) is 403 cm³/mol. The van der Waals surface area contributed by atoms with E-state index in [0.29, 0.717) is 31.6 Å². The molecular weight excluding hydrogens is 1450 g/mol. The molecule has 10 N–H and O–H groups in total. The van der Waals surface area contributed by atoms with Gasteiger partial charge in [0.25, 0.3) is 11.8 Å². The van der Waals surface area contributed by atoms with Gasteiger partial charge in [-0.25, -0.2) is 37.1 Å². The lowest BCUT2D eigenvalue weighted by Crippen LogP contribution is -2.33. The molecule has 562 valence electrons. The zero-order valence-electron chi connectivity index (χ0n) is 58.4. The van der Waals surface area contributed by atoms with Crippen LogP contribution < -0.4 is 57.8 Å². The van der Waals surface area contributed by atoms with Crippen molar-refractivity contribution < 1.29 is 75.9 Å². The second-order valence-corrected chi connectivity index (χ2v) is 25.1. The molecule has 0 unspecified atom stereocenters. The number of nitrogens with one attached hydrogen (secondary N) is 7. The Balaban J connectivity index is 0.000000207. The summed E-state index contributed by atoms with van der Waals surface area (Å²) in [6.45, 7) is 5.83. The lowest BCUT2D eigenvalue weighted by molar-refractivity contribution is -0.384. The fraction of sp³-hybridized carbons (Fsp3) is 0.139. The van der Waals surface area contributed by atoms with Gasteiger partial charge in [0.05, 0.1) is 21.0 Å². The first-order chi connectivity index (χ1) is 53.3. The number of aromatic hydroxyl groups is 1. The van der Waals surface area contributed by atoms with E-state index in [-0.39, 0.29) is 161 Å². The van der Waals surface area contributed by atoms with Gasteiger partial charge in [0.15, 0.2) is 17.4 Å². The van der Waals surface area contributed by atoms with E-state index < -0.39 is 74.0 Å². The zero-order chi connectivity index (χ0) is 78.7. The molecule has 13 rings (SSSR count). The number of hydrogen-bond acceptors (Lipinski definition) is 21. The number of para-hydroxylation sites is 1. The molecule has 2 aromatic heterocycles. The number of nitrogens with zero attached hydrogens (tertiary/aromatic N) is 6. The Labute approximate surface area is 624 Å². The predicted octanol–water partition coefficient (Wildman–Crippen LogP) is 12.8. The summed E-state index contributed by atoms with van der Waals surface area (Å²) in [6, 6.07) is 39.1. The number of anilines is 6. The zero-order valence-corrected chi connectivity index (χ0v) is 58.4. The van der Waals surface area contributed by atoms with Gasteiger partial charge in [-0.2, -0.15) is 9.97 Å². The number of fused-ring (bicyclic) bond motifs is 5. The van der Waals surface area contributed by atoms with Gasteiger partial charge in [-0.05, 0) is 132 Å². The summed E-state index contributed by atoms with van der Waals surface area (Å²) in [5.74, 6) is -8.25. The number of phenols is 1. The highest BCUT2D eigenvalue weighted by Crippen LogP contribution is 2.44. The lowest BCUT2D eigenvalue weighted by Gasteiger charge is -2.23. The fourth-order valence-corrected chi connectivity index (χ4v) is 12.1. The van der Waals surface area contributed by atoms with Gasteiger partial charge in [0.2, 0.25) is 34.9 Å². The van der Waals surface area contributed by atoms with Gasteiger partial charge in [-0.1, -0.05) is 80.1 Å². The van der Waals surface area contributed by atoms with Crippen LogP contribution in [0, 0.1) is 50.4 Å². The second kappa shape index (κ2) is 33.4. The smallest absolute Gasteiger partial charge is 0.336 e. The number of halogens is 4. The number of carboxylic acids is 2. The topological polar surface area (TPSA) is 408 Å². The third kappa shape index (κ3) is 17.6. The van der Waals surface area contributed by atoms with Crippen molar-refractivity contribution in [2.75, 3.05) is 54.0 Å². The number of amides is 3. The van der Waals surface area contributed by atoms with E-state index in [9.17, 15) is 81.9 Å². The molecule has 1 aliphatic carbocycles. The molecule has 28 nitrogen and oxygen atoms in total. The van der Waals surface area contributed by atoms with Crippen LogP contribution in [0.4, 0.5) is 63.8 Å². The molecule has 0 fully saturated rings. The summed E-state index contributed by atoms with van der Waals surface area (Å²) < 4.78 is 70.2. The second-order valence-electron chi connectivity index (χ2n) is 25.1. The number of ether oxygens (including phenoxy) is 1. The summed E-state index contributed by atoms with van der Waals surface area (Å²) in [4.78, 5) is 114. The maximum atomic E-state index is 14.8. The Morgan fingerprint density at radius 2 is 1.15 bits per heavy atom. The normalized spacial score (nSPS) is 11.3. The number of aromatic carboxylic acids is 2. The number of unbranched alkanes of at least 4 members (excludes halogenated alkanes) is 3. The van der Waals surface area contributed by atoms with Crippen LogP contribution in [-0.2, 0) is 4.79 Å². The number of hydrogen-bond donors (Lipinski definition) is 10. The lowest BCUT2D eigenvalue weighted by atomic mass is 9.88. The van der Waals surface area contributed by atoms with Gasteiger partial charge in [-0.15, -0.1) is 0 Å². The molecule has 0 saturated heterocycles. The molecule has 111 heavy (non-hydrogen) atoms. The summed E-state index contributed by atoms with van der Waals surface area (Å²) in [6.07, 6.45) is 4.78. The van der Waals surface area contributed by atoms with Crippen LogP contribution in [-0.4, -0.2) is 107 Å². The van der Waals surface area contributed by atoms with E-state index in [0.717, 1.165) is 84.2 Å². The maximum absolute atomic E-state index is 14.8. The standard InChI is InChI=1S/C42H34F2N6O7.C37H29F2N7O8/c1-23-16-36-30(19-32(23)43)38(31-20-33(44)35(51)21-37(31)57-36)28-13-11-26(18-29(28)41(53)54)40(52)46-15-7-3-2-6-14-45-39-34(50(55)56)22-47-42(49-39)48-27-12-10-24-8-4-5-9-25(24)17-27;1-19-13-30-24(15-26(19)38)33(25-16-27(39)29(47)17-31(25)54-30)22-8-7-20(14-23(22)36(50)51)35(49)42-10-9-32(48)40-11-12-41-34-28(46(52)53)18-43-37(45-34)44-21-5-3-2-4-6-21/h4-5,8-13,16-22H,2-3,6-7,14-15H2,1H3,(H,46,52)(H,53,54)(H2,45,47,48,49);2-8,13-18,47H,1,9-12H2,(H,40,48)(H,42,49)(H,50,51)(H2,41,43,44,45). The minimum Gasteiger partial charge on any atom is -0.505 e. The number of aryl methyl sites for hydroxylation is 1. The molecule has 0 atom stereocenters. The average Bonchev–Trinajstić information content (AvgIpc) is 0.746. The average molecular weight is 1510 g/mol. The van der Waals surface area contributed by atoms with Crippen LogP contribution in [0.2, 0.25) is 0 Å². The van der Waals surface area contributed by atoms with Crippen LogP contribution in [0.1, 0.15) is 90.2 Å². The highest BCUT2D eigenvalue weighted by atomic mass is 19.1. The molecule has 10 aromatic rings. The van der Waals surface area contributed by atoms with Crippen molar-refractivity contribution in [2.24, 2.45) is 0 Å². The number of rotatable bonds is 27. The summed E-state index contributed by atoms with van der Waals surface area (Å²) in [5, 5.41) is 75.6. The SMILES string of the molecule is C=c1cc2c(cc1F)=C(c1ccc(C(=O)NCCC(=O)NCCNc3nc(Nc4ccccc4)ncc3[N+](=O)[O-])cc1C(=O)O)c1cc(F)c(O)cc1O2.Cc1cc2oc3cc(=O)c(F)cc-3c(-c3ccc(C(=O)NCCCCCCNc4nc(Nc5ccc6ccccc6c5)ncc4[N+](=O)[O-])cc3C(=O)O)c2cc1F. The summed E-state index contributed by atoms with van der Waals surface area (Å²) in [7, 11) is 0. The van der Waals surface area contributed by atoms with E-state index in [2.05, 4.69) is 63.7 Å². The van der Waals surface area contributed by atoms with Gasteiger partial charge in [0.1, 0.15) is 46.9 Å². The van der Waals surface area contributed by atoms with Crippen molar-refractivity contribution in [1.29, 1.82) is 0 Å². The van der Waals surface area contributed by atoms with Crippen LogP contribution in [0.25, 0.3) is 56.3 Å². The molecule has 0 radical (unpaired) electrons. The quantitative estimate of drug-likeness (QED) is 0.00751. The summed E-state index contributed by atoms with van der Waals surface area (Å²) >= 11 is 0. The minimum absolute atomic E-state index is 0.00937. The van der Waals surface area contributed by atoms with E-state index in [1.54, 1.807) is 24.3 Å². The number of phenolic OH excluding ortho intramolecular Hbond substituents is 1. The Morgan fingerprint density at radius 1 is 0.550 bits per heavy atom. The Bertz CT molecular complexity index is 5900. The van der Waals surface area contributed by atoms with Crippen LogP contribution >= 0.6 is 0 Å². The number of carboxylic acid groups (broad SMARTS) is 2.